The lowest BCUT2D eigenvalue weighted by atomic mass is 10.1. The third-order valence-corrected chi connectivity index (χ3v) is 3.55. The van der Waals surface area contributed by atoms with Crippen molar-refractivity contribution in [2.45, 2.75) is 0 Å². The predicted molar refractivity (Wildman–Crippen MR) is 74.5 cm³/mol. The average molecular weight is 301 g/mol. The van der Waals surface area contributed by atoms with Crippen LogP contribution in [-0.4, -0.2) is 46.0 Å². The molecular weight excluding hydrogens is 290 g/mol. The van der Waals surface area contributed by atoms with Crippen molar-refractivity contribution < 1.29 is 24.1 Å². The number of fused-ring (bicyclic) bond motifs is 5. The first-order valence-corrected chi connectivity index (χ1v) is 6.57. The van der Waals surface area contributed by atoms with Gasteiger partial charge in [-0.05, 0) is 12.1 Å². The molecule has 0 amide bonds. The first kappa shape index (κ1) is 12.7. The van der Waals surface area contributed by atoms with E-state index in [-0.39, 0.29) is 11.4 Å². The molecule has 22 heavy (non-hydrogen) atoms. The number of rotatable bonds is 1. The Morgan fingerprint density at radius 1 is 1.36 bits per heavy atom. The van der Waals surface area contributed by atoms with E-state index in [2.05, 4.69) is 10.1 Å². The SMILES string of the molecule is COC(=O)c1c(O)c2ccc3c(c2c2ncnn12)OCCO3. The quantitative estimate of drug-likeness (QED) is 0.673. The second-order valence-corrected chi connectivity index (χ2v) is 4.70. The molecule has 0 saturated carbocycles. The molecular formula is C14H11N3O5. The van der Waals surface area contributed by atoms with Crippen molar-refractivity contribution in [1.29, 1.82) is 0 Å². The van der Waals surface area contributed by atoms with Crippen LogP contribution in [0.2, 0.25) is 0 Å². The highest BCUT2D eigenvalue weighted by Gasteiger charge is 2.26. The summed E-state index contributed by atoms with van der Waals surface area (Å²) < 4.78 is 17.2. The van der Waals surface area contributed by atoms with Crippen LogP contribution in [0.4, 0.5) is 0 Å². The number of esters is 1. The summed E-state index contributed by atoms with van der Waals surface area (Å²) in [5, 5.41) is 15.4. The number of pyridine rings is 1. The van der Waals surface area contributed by atoms with Gasteiger partial charge < -0.3 is 19.3 Å². The van der Waals surface area contributed by atoms with Gasteiger partial charge in [0.15, 0.2) is 28.6 Å². The molecule has 8 nitrogen and oxygen atoms in total. The fourth-order valence-corrected chi connectivity index (χ4v) is 2.62. The van der Waals surface area contributed by atoms with Crippen LogP contribution in [0.3, 0.4) is 0 Å². The molecule has 112 valence electrons. The van der Waals surface area contributed by atoms with Gasteiger partial charge in [-0.1, -0.05) is 0 Å². The zero-order valence-corrected chi connectivity index (χ0v) is 11.6. The Balaban J connectivity index is 2.20. The molecule has 3 heterocycles. The lowest BCUT2D eigenvalue weighted by molar-refractivity contribution is 0.0587. The molecule has 0 spiro atoms. The van der Waals surface area contributed by atoms with Crippen LogP contribution in [0.5, 0.6) is 17.2 Å². The smallest absolute Gasteiger partial charge is 0.360 e. The van der Waals surface area contributed by atoms with Gasteiger partial charge in [0.1, 0.15) is 19.5 Å². The summed E-state index contributed by atoms with van der Waals surface area (Å²) in [4.78, 5) is 16.1. The van der Waals surface area contributed by atoms with E-state index in [0.717, 1.165) is 0 Å². The molecule has 8 heteroatoms. The van der Waals surface area contributed by atoms with Crippen molar-refractivity contribution in [1.82, 2.24) is 14.6 Å². The Bertz CT molecular complexity index is 918. The van der Waals surface area contributed by atoms with Gasteiger partial charge >= 0.3 is 5.97 Å². The molecule has 0 aliphatic carbocycles. The summed E-state index contributed by atoms with van der Waals surface area (Å²) in [6.45, 7) is 0.847. The summed E-state index contributed by atoms with van der Waals surface area (Å²) in [6, 6.07) is 3.34. The second-order valence-electron chi connectivity index (χ2n) is 4.70. The average Bonchev–Trinajstić information content (AvgIpc) is 3.03. The molecule has 0 radical (unpaired) electrons. The van der Waals surface area contributed by atoms with E-state index in [1.54, 1.807) is 12.1 Å². The Kier molecular flexibility index (Phi) is 2.59. The summed E-state index contributed by atoms with van der Waals surface area (Å²) in [5.41, 5.74) is 0.301. The standard InChI is InChI=1S/C14H11N3O5/c1-20-14(19)10-11(18)7-2-3-8-12(22-5-4-21-8)9(7)13-15-6-16-17(10)13/h2-3,6,18H,4-5H2,1H3. The molecule has 0 bridgehead atoms. The van der Waals surface area contributed by atoms with Crippen molar-refractivity contribution in [3.05, 3.63) is 24.2 Å². The van der Waals surface area contributed by atoms with Gasteiger partial charge in [0.2, 0.25) is 0 Å². The summed E-state index contributed by atoms with van der Waals surface area (Å²) in [7, 11) is 1.23. The van der Waals surface area contributed by atoms with Crippen molar-refractivity contribution in [3.63, 3.8) is 0 Å². The highest BCUT2D eigenvalue weighted by Crippen LogP contribution is 2.43. The monoisotopic (exact) mass is 301 g/mol. The largest absolute Gasteiger partial charge is 0.505 e. The number of aromatic nitrogens is 3. The first-order chi connectivity index (χ1) is 10.7. The minimum Gasteiger partial charge on any atom is -0.505 e. The maximum absolute atomic E-state index is 12.0. The van der Waals surface area contributed by atoms with Crippen LogP contribution in [0.1, 0.15) is 10.5 Å². The van der Waals surface area contributed by atoms with Gasteiger partial charge in [-0.25, -0.2) is 14.3 Å². The number of carbonyl (C=O) groups excluding carboxylic acids is 1. The fraction of sp³-hybridized carbons (Fsp3) is 0.214. The van der Waals surface area contributed by atoms with E-state index < -0.39 is 5.97 Å². The van der Waals surface area contributed by atoms with Gasteiger partial charge in [0.25, 0.3) is 0 Å². The van der Waals surface area contributed by atoms with E-state index in [1.165, 1.54) is 18.0 Å². The molecule has 1 aromatic carbocycles. The van der Waals surface area contributed by atoms with Crippen molar-refractivity contribution in [2.24, 2.45) is 0 Å². The van der Waals surface area contributed by atoms with Crippen LogP contribution < -0.4 is 9.47 Å². The van der Waals surface area contributed by atoms with E-state index in [4.69, 9.17) is 14.2 Å². The minimum absolute atomic E-state index is 0.0841. The lowest BCUT2D eigenvalue weighted by Gasteiger charge is -2.20. The third-order valence-electron chi connectivity index (χ3n) is 3.55. The second kappa shape index (κ2) is 4.48. The molecule has 0 atom stereocenters. The highest BCUT2D eigenvalue weighted by molar-refractivity contribution is 6.08. The van der Waals surface area contributed by atoms with E-state index in [1.807, 2.05) is 0 Å². The number of carbonyl (C=O) groups is 1. The van der Waals surface area contributed by atoms with Crippen molar-refractivity contribution >= 4 is 22.4 Å². The maximum atomic E-state index is 12.0. The molecule has 1 N–H and O–H groups in total. The first-order valence-electron chi connectivity index (χ1n) is 6.57. The molecule has 3 aromatic rings. The maximum Gasteiger partial charge on any atom is 0.360 e. The topological polar surface area (TPSA) is 95.2 Å². The Morgan fingerprint density at radius 3 is 3.00 bits per heavy atom. The van der Waals surface area contributed by atoms with Gasteiger partial charge in [0.05, 0.1) is 12.5 Å². The molecule has 4 rings (SSSR count). The fourth-order valence-electron chi connectivity index (χ4n) is 2.62. The van der Waals surface area contributed by atoms with E-state index in [9.17, 15) is 9.90 Å². The Hall–Kier alpha value is -3.03. The number of nitrogens with zero attached hydrogens (tertiary/aromatic N) is 3. The number of methoxy groups -OCH3 is 1. The normalized spacial score (nSPS) is 13.5. The molecule has 0 fully saturated rings. The zero-order chi connectivity index (χ0) is 15.3. The van der Waals surface area contributed by atoms with E-state index in [0.29, 0.717) is 41.1 Å². The Labute approximate surface area is 123 Å². The number of hydrogen-bond donors (Lipinski definition) is 1. The summed E-state index contributed by atoms with van der Waals surface area (Å²) in [6.07, 6.45) is 1.30. The number of aromatic hydroxyl groups is 1. The zero-order valence-electron chi connectivity index (χ0n) is 11.6. The summed E-state index contributed by atoms with van der Waals surface area (Å²) in [5.74, 6) is 0.101. The van der Waals surface area contributed by atoms with Crippen LogP contribution >= 0.6 is 0 Å². The number of hydrogen-bond acceptors (Lipinski definition) is 7. The van der Waals surface area contributed by atoms with Crippen molar-refractivity contribution in [3.8, 4) is 17.2 Å². The van der Waals surface area contributed by atoms with E-state index >= 15 is 0 Å². The van der Waals surface area contributed by atoms with Crippen LogP contribution in [0, 0.1) is 0 Å². The predicted octanol–water partition coefficient (Wildman–Crippen LogP) is 1.15. The molecule has 0 saturated heterocycles. The van der Waals surface area contributed by atoms with Crippen LogP contribution in [0.25, 0.3) is 16.4 Å². The Morgan fingerprint density at radius 2 is 2.18 bits per heavy atom. The van der Waals surface area contributed by atoms with Gasteiger partial charge in [0, 0.05) is 5.39 Å². The highest BCUT2D eigenvalue weighted by atomic mass is 16.6. The lowest BCUT2D eigenvalue weighted by Crippen LogP contribution is -2.16. The molecule has 2 aromatic heterocycles. The summed E-state index contributed by atoms with van der Waals surface area (Å²) >= 11 is 0. The molecule has 1 aliphatic rings. The van der Waals surface area contributed by atoms with Gasteiger partial charge in [-0.15, -0.1) is 0 Å². The van der Waals surface area contributed by atoms with Crippen LogP contribution in [0.15, 0.2) is 18.5 Å². The third kappa shape index (κ3) is 1.54. The molecule has 1 aliphatic heterocycles. The van der Waals surface area contributed by atoms with Gasteiger partial charge in [-0.3, -0.25) is 0 Å². The number of ether oxygens (including phenoxy) is 3. The van der Waals surface area contributed by atoms with Crippen molar-refractivity contribution in [2.75, 3.05) is 20.3 Å². The van der Waals surface area contributed by atoms with Gasteiger partial charge in [-0.2, -0.15) is 5.10 Å². The minimum atomic E-state index is -0.704. The number of benzene rings is 1. The molecule has 0 unspecified atom stereocenters. The van der Waals surface area contributed by atoms with Crippen LogP contribution in [-0.2, 0) is 4.74 Å².